The highest BCUT2D eigenvalue weighted by atomic mass is 19.3. The molecule has 1 saturated carbocycles. The Bertz CT molecular complexity index is 382. The van der Waals surface area contributed by atoms with E-state index in [1.807, 2.05) is 0 Å². The number of hydrogen-bond acceptors (Lipinski definition) is 1. The number of rotatable bonds is 3. The fourth-order valence-corrected chi connectivity index (χ4v) is 1.54. The molecular formula is C11H11F2NO. The van der Waals surface area contributed by atoms with Crippen molar-refractivity contribution in [3.8, 4) is 0 Å². The normalized spacial score (nSPS) is 16.4. The van der Waals surface area contributed by atoms with E-state index in [0.29, 0.717) is 12.8 Å². The third kappa shape index (κ3) is 1.84. The second-order valence-corrected chi connectivity index (χ2v) is 3.84. The number of halogens is 2. The molecule has 0 atom stereocenters. The summed E-state index contributed by atoms with van der Waals surface area (Å²) in [5, 5.41) is 0. The third-order valence-electron chi connectivity index (χ3n) is 2.64. The molecule has 0 aromatic heterocycles. The van der Waals surface area contributed by atoms with E-state index >= 15 is 0 Å². The van der Waals surface area contributed by atoms with Crippen LogP contribution >= 0.6 is 0 Å². The molecule has 1 aliphatic rings. The van der Waals surface area contributed by atoms with Gasteiger partial charge in [0.05, 0.1) is 0 Å². The summed E-state index contributed by atoms with van der Waals surface area (Å²) in [5.74, 6) is -3.90. The van der Waals surface area contributed by atoms with Crippen molar-refractivity contribution in [2.24, 2.45) is 11.7 Å². The molecule has 80 valence electrons. The van der Waals surface area contributed by atoms with Gasteiger partial charge in [0.15, 0.2) is 0 Å². The van der Waals surface area contributed by atoms with Crippen molar-refractivity contribution >= 4 is 5.91 Å². The van der Waals surface area contributed by atoms with Crippen molar-refractivity contribution in [3.05, 3.63) is 35.4 Å². The molecule has 15 heavy (non-hydrogen) atoms. The molecule has 4 heteroatoms. The molecule has 1 aliphatic carbocycles. The Hall–Kier alpha value is -1.45. The van der Waals surface area contributed by atoms with Gasteiger partial charge in [0.2, 0.25) is 5.91 Å². The lowest BCUT2D eigenvalue weighted by atomic mass is 10.0. The topological polar surface area (TPSA) is 43.1 Å². The van der Waals surface area contributed by atoms with Crippen LogP contribution < -0.4 is 5.73 Å². The van der Waals surface area contributed by atoms with Gasteiger partial charge in [-0.05, 0) is 25.0 Å². The van der Waals surface area contributed by atoms with Gasteiger partial charge in [0, 0.05) is 17.0 Å². The molecule has 1 amide bonds. The molecule has 2 nitrogen and oxygen atoms in total. The Balaban J connectivity index is 2.26. The van der Waals surface area contributed by atoms with Crippen LogP contribution in [0.3, 0.4) is 0 Å². The highest BCUT2D eigenvalue weighted by molar-refractivity contribution is 5.92. The molecule has 0 unspecified atom stereocenters. The molecule has 0 aliphatic heterocycles. The summed E-state index contributed by atoms with van der Waals surface area (Å²) in [6, 6.07) is 5.23. The highest BCUT2D eigenvalue weighted by Crippen LogP contribution is 2.49. The summed E-state index contributed by atoms with van der Waals surface area (Å²) in [4.78, 5) is 10.7. The summed E-state index contributed by atoms with van der Waals surface area (Å²) < 4.78 is 27.1. The fourth-order valence-electron chi connectivity index (χ4n) is 1.54. The van der Waals surface area contributed by atoms with Crippen LogP contribution in [0.2, 0.25) is 0 Å². The fraction of sp³-hybridized carbons (Fsp3) is 0.364. The van der Waals surface area contributed by atoms with Gasteiger partial charge >= 0.3 is 0 Å². The Kier molecular flexibility index (Phi) is 2.21. The molecule has 1 fully saturated rings. The first-order valence-electron chi connectivity index (χ1n) is 4.80. The molecular weight excluding hydrogens is 200 g/mol. The lowest BCUT2D eigenvalue weighted by Crippen LogP contribution is -2.17. The number of nitrogens with two attached hydrogens (primary N) is 1. The molecule has 2 rings (SSSR count). The third-order valence-corrected chi connectivity index (χ3v) is 2.64. The van der Waals surface area contributed by atoms with Gasteiger partial charge in [-0.3, -0.25) is 4.79 Å². The standard InChI is InChI=1S/C11H11F2NO/c12-11(13,9-5-6-9)8-3-1-7(2-4-8)10(14)15/h1-4,9H,5-6H2,(H2,14,15). The minimum absolute atomic E-state index is 0.0324. The monoisotopic (exact) mass is 211 g/mol. The van der Waals surface area contributed by atoms with E-state index in [4.69, 9.17) is 5.73 Å². The van der Waals surface area contributed by atoms with Crippen molar-refractivity contribution in [2.75, 3.05) is 0 Å². The van der Waals surface area contributed by atoms with Gasteiger partial charge < -0.3 is 5.73 Å². The number of amides is 1. The molecule has 2 N–H and O–H groups in total. The van der Waals surface area contributed by atoms with Gasteiger partial charge in [-0.15, -0.1) is 0 Å². The minimum Gasteiger partial charge on any atom is -0.366 e. The van der Waals surface area contributed by atoms with E-state index in [0.717, 1.165) is 0 Å². The summed E-state index contributed by atoms with van der Waals surface area (Å²) >= 11 is 0. The summed E-state index contributed by atoms with van der Waals surface area (Å²) in [7, 11) is 0. The number of alkyl halides is 2. The molecule has 0 radical (unpaired) electrons. The number of primary amides is 1. The lowest BCUT2D eigenvalue weighted by molar-refractivity contribution is -0.0285. The SMILES string of the molecule is NC(=O)c1ccc(C(F)(F)C2CC2)cc1. The van der Waals surface area contributed by atoms with Gasteiger partial charge in [-0.25, -0.2) is 8.78 Å². The predicted molar refractivity (Wildman–Crippen MR) is 51.6 cm³/mol. The van der Waals surface area contributed by atoms with Gasteiger partial charge in [0.1, 0.15) is 0 Å². The largest absolute Gasteiger partial charge is 0.366 e. The summed E-state index contributed by atoms with van der Waals surface area (Å²) in [5.41, 5.74) is 5.24. The maximum absolute atomic E-state index is 13.6. The molecule has 1 aromatic rings. The number of carbonyl (C=O) groups excluding carboxylic acids is 1. The Morgan fingerprint density at radius 1 is 1.27 bits per heavy atom. The Labute approximate surface area is 86.1 Å². The van der Waals surface area contributed by atoms with E-state index in [1.54, 1.807) is 0 Å². The first kappa shape index (κ1) is 10.1. The first-order chi connectivity index (χ1) is 7.01. The Morgan fingerprint density at radius 3 is 2.20 bits per heavy atom. The predicted octanol–water partition coefficient (Wildman–Crippen LogP) is 2.29. The first-order valence-corrected chi connectivity index (χ1v) is 4.80. The number of benzene rings is 1. The van der Waals surface area contributed by atoms with E-state index in [2.05, 4.69) is 0 Å². The molecule has 0 spiro atoms. The van der Waals surface area contributed by atoms with Gasteiger partial charge in [-0.2, -0.15) is 0 Å². The average molecular weight is 211 g/mol. The van der Waals surface area contributed by atoms with E-state index < -0.39 is 17.7 Å². The van der Waals surface area contributed by atoms with Crippen molar-refractivity contribution in [2.45, 2.75) is 18.8 Å². The van der Waals surface area contributed by atoms with Crippen molar-refractivity contribution in [1.82, 2.24) is 0 Å². The van der Waals surface area contributed by atoms with Gasteiger partial charge in [-0.1, -0.05) is 12.1 Å². The van der Waals surface area contributed by atoms with Crippen LogP contribution in [0.15, 0.2) is 24.3 Å². The molecule has 0 saturated heterocycles. The highest BCUT2D eigenvalue weighted by Gasteiger charge is 2.47. The van der Waals surface area contributed by atoms with Crippen LogP contribution in [0.1, 0.15) is 28.8 Å². The molecule has 0 bridgehead atoms. The van der Waals surface area contributed by atoms with Crippen molar-refractivity contribution in [3.63, 3.8) is 0 Å². The molecule has 0 heterocycles. The van der Waals surface area contributed by atoms with Crippen LogP contribution in [0.25, 0.3) is 0 Å². The maximum atomic E-state index is 13.6. The zero-order chi connectivity index (χ0) is 11.1. The van der Waals surface area contributed by atoms with E-state index in [-0.39, 0.29) is 11.1 Å². The zero-order valence-corrected chi connectivity index (χ0v) is 8.04. The quantitative estimate of drug-likeness (QED) is 0.818. The van der Waals surface area contributed by atoms with Crippen LogP contribution in [0, 0.1) is 5.92 Å². The zero-order valence-electron chi connectivity index (χ0n) is 8.04. The second kappa shape index (κ2) is 3.29. The summed E-state index contributed by atoms with van der Waals surface area (Å²) in [6.45, 7) is 0. The van der Waals surface area contributed by atoms with Crippen LogP contribution in [-0.4, -0.2) is 5.91 Å². The van der Waals surface area contributed by atoms with E-state index in [1.165, 1.54) is 24.3 Å². The summed E-state index contributed by atoms with van der Waals surface area (Å²) in [6.07, 6.45) is 1.15. The second-order valence-electron chi connectivity index (χ2n) is 3.84. The molecule has 1 aromatic carbocycles. The average Bonchev–Trinajstić information content (AvgIpc) is 3.01. The van der Waals surface area contributed by atoms with Crippen molar-refractivity contribution < 1.29 is 13.6 Å². The lowest BCUT2D eigenvalue weighted by Gasteiger charge is -2.15. The van der Waals surface area contributed by atoms with E-state index in [9.17, 15) is 13.6 Å². The Morgan fingerprint density at radius 2 is 1.80 bits per heavy atom. The van der Waals surface area contributed by atoms with Crippen LogP contribution in [0.5, 0.6) is 0 Å². The maximum Gasteiger partial charge on any atom is 0.276 e. The number of hydrogen-bond donors (Lipinski definition) is 1. The number of carbonyl (C=O) groups is 1. The smallest absolute Gasteiger partial charge is 0.276 e. The van der Waals surface area contributed by atoms with Gasteiger partial charge in [0.25, 0.3) is 5.92 Å². The van der Waals surface area contributed by atoms with Crippen molar-refractivity contribution in [1.29, 1.82) is 0 Å². The van der Waals surface area contributed by atoms with Crippen LogP contribution in [0.4, 0.5) is 8.78 Å². The minimum atomic E-state index is -2.77. The van der Waals surface area contributed by atoms with Crippen LogP contribution in [-0.2, 0) is 5.92 Å².